The van der Waals surface area contributed by atoms with E-state index in [0.29, 0.717) is 33.0 Å². The Balaban J connectivity index is 1.38. The topological polar surface area (TPSA) is 58.2 Å². The lowest BCUT2D eigenvalue weighted by Crippen LogP contribution is -2.65. The molecule has 0 bridgehead atoms. The molecular formula is C35H39NO5. The van der Waals surface area contributed by atoms with Gasteiger partial charge in [0.1, 0.15) is 18.3 Å². The van der Waals surface area contributed by atoms with Crippen molar-refractivity contribution in [3.8, 4) is 0 Å². The van der Waals surface area contributed by atoms with E-state index >= 15 is 0 Å². The van der Waals surface area contributed by atoms with Crippen molar-refractivity contribution in [3.05, 3.63) is 144 Å². The van der Waals surface area contributed by atoms with E-state index in [-0.39, 0.29) is 12.1 Å². The predicted octanol–water partition coefficient (Wildman–Crippen LogP) is 5.90. The molecule has 41 heavy (non-hydrogen) atoms. The van der Waals surface area contributed by atoms with E-state index in [1.165, 1.54) is 5.56 Å². The molecule has 0 spiro atoms. The van der Waals surface area contributed by atoms with Crippen LogP contribution in [0.3, 0.4) is 0 Å². The SMILES string of the molecule is CO[C@@H]1O[C@H](COCc2ccccc2)[C@H](OCc2ccccc2)[C@H](OCc2ccccc2)[C@@H]1NCc1ccccc1. The molecule has 0 radical (unpaired) electrons. The minimum Gasteiger partial charge on any atom is -0.374 e. The standard InChI is InChI=1S/C35H39NO5/c1-37-35-32(36-22-27-14-6-2-7-15-27)34(40-25-30-20-12-5-13-21-30)33(39-24-29-18-10-4-11-19-29)31(41-35)26-38-23-28-16-8-3-9-17-28/h2-21,31-36H,22-26H2,1H3/t31-,32+,33+,34-,35-/m1/s1. The van der Waals surface area contributed by atoms with Crippen molar-refractivity contribution in [2.75, 3.05) is 13.7 Å². The Morgan fingerprint density at radius 3 is 1.56 bits per heavy atom. The zero-order valence-corrected chi connectivity index (χ0v) is 23.5. The molecule has 6 nitrogen and oxygen atoms in total. The fraction of sp³-hybridized carbons (Fsp3) is 0.314. The van der Waals surface area contributed by atoms with Crippen LogP contribution in [0, 0.1) is 0 Å². The molecule has 1 N–H and O–H groups in total. The highest BCUT2D eigenvalue weighted by atomic mass is 16.7. The molecule has 1 aliphatic heterocycles. The minimum absolute atomic E-state index is 0.282. The van der Waals surface area contributed by atoms with Crippen LogP contribution in [0.15, 0.2) is 121 Å². The van der Waals surface area contributed by atoms with Gasteiger partial charge >= 0.3 is 0 Å². The van der Waals surface area contributed by atoms with Crippen LogP contribution in [-0.2, 0) is 50.0 Å². The smallest absolute Gasteiger partial charge is 0.175 e. The fourth-order valence-electron chi connectivity index (χ4n) is 5.09. The van der Waals surface area contributed by atoms with Crippen LogP contribution >= 0.6 is 0 Å². The van der Waals surface area contributed by atoms with E-state index < -0.39 is 18.5 Å². The number of ether oxygens (including phenoxy) is 5. The molecule has 5 rings (SSSR count). The Bertz CT molecular complexity index is 1260. The molecule has 0 amide bonds. The van der Waals surface area contributed by atoms with Crippen molar-refractivity contribution in [3.63, 3.8) is 0 Å². The lowest BCUT2D eigenvalue weighted by Gasteiger charge is -2.46. The molecule has 1 saturated heterocycles. The number of nitrogens with one attached hydrogen (secondary N) is 1. The summed E-state index contributed by atoms with van der Waals surface area (Å²) in [7, 11) is 1.67. The van der Waals surface area contributed by atoms with Gasteiger partial charge in [0.15, 0.2) is 6.29 Å². The van der Waals surface area contributed by atoms with Crippen molar-refractivity contribution >= 4 is 0 Å². The first-order valence-corrected chi connectivity index (χ1v) is 14.2. The zero-order valence-electron chi connectivity index (χ0n) is 23.5. The highest BCUT2D eigenvalue weighted by Crippen LogP contribution is 2.29. The van der Waals surface area contributed by atoms with Crippen LogP contribution in [0.5, 0.6) is 0 Å². The van der Waals surface area contributed by atoms with Gasteiger partial charge in [0.25, 0.3) is 0 Å². The van der Waals surface area contributed by atoms with Gasteiger partial charge in [-0.05, 0) is 22.3 Å². The van der Waals surface area contributed by atoms with Crippen LogP contribution < -0.4 is 5.32 Å². The summed E-state index contributed by atoms with van der Waals surface area (Å²) in [6, 6.07) is 40.5. The molecule has 1 heterocycles. The van der Waals surface area contributed by atoms with Gasteiger partial charge in [-0.2, -0.15) is 0 Å². The molecular weight excluding hydrogens is 514 g/mol. The largest absolute Gasteiger partial charge is 0.374 e. The summed E-state index contributed by atoms with van der Waals surface area (Å²) >= 11 is 0. The first-order valence-electron chi connectivity index (χ1n) is 14.2. The second-order valence-electron chi connectivity index (χ2n) is 10.2. The highest BCUT2D eigenvalue weighted by molar-refractivity contribution is 5.17. The summed E-state index contributed by atoms with van der Waals surface area (Å²) in [5, 5.41) is 3.66. The van der Waals surface area contributed by atoms with E-state index in [1.54, 1.807) is 7.11 Å². The Morgan fingerprint density at radius 1 is 0.585 bits per heavy atom. The third-order valence-electron chi connectivity index (χ3n) is 7.23. The van der Waals surface area contributed by atoms with Crippen molar-refractivity contribution in [1.29, 1.82) is 0 Å². The lowest BCUT2D eigenvalue weighted by atomic mass is 9.95. The molecule has 0 unspecified atom stereocenters. The lowest BCUT2D eigenvalue weighted by molar-refractivity contribution is -0.285. The van der Waals surface area contributed by atoms with Gasteiger partial charge in [-0.15, -0.1) is 0 Å². The molecule has 5 atom stereocenters. The van der Waals surface area contributed by atoms with Gasteiger partial charge in [-0.3, -0.25) is 0 Å². The van der Waals surface area contributed by atoms with Crippen LogP contribution in [-0.4, -0.2) is 44.4 Å². The molecule has 1 aliphatic rings. The van der Waals surface area contributed by atoms with E-state index in [0.717, 1.165) is 16.7 Å². The van der Waals surface area contributed by atoms with Crippen LogP contribution in [0.1, 0.15) is 22.3 Å². The first kappa shape index (κ1) is 29.1. The van der Waals surface area contributed by atoms with E-state index in [2.05, 4.69) is 53.8 Å². The Morgan fingerprint density at radius 2 is 1.05 bits per heavy atom. The zero-order chi connectivity index (χ0) is 28.1. The Kier molecular flexibility index (Phi) is 11.1. The third-order valence-corrected chi connectivity index (χ3v) is 7.23. The second-order valence-corrected chi connectivity index (χ2v) is 10.2. The van der Waals surface area contributed by atoms with Crippen LogP contribution in [0.2, 0.25) is 0 Å². The van der Waals surface area contributed by atoms with Gasteiger partial charge in [-0.1, -0.05) is 121 Å². The maximum absolute atomic E-state index is 6.70. The minimum atomic E-state index is -0.554. The average Bonchev–Trinajstić information content (AvgIpc) is 3.04. The second kappa shape index (κ2) is 15.6. The molecule has 0 aromatic heterocycles. The number of methoxy groups -OCH3 is 1. The van der Waals surface area contributed by atoms with Gasteiger partial charge in [-0.25, -0.2) is 0 Å². The normalized spacial score (nSPS) is 22.4. The Hall–Kier alpha value is -3.36. The summed E-state index contributed by atoms with van der Waals surface area (Å²) in [6.45, 7) is 2.33. The van der Waals surface area contributed by atoms with Crippen LogP contribution in [0.25, 0.3) is 0 Å². The highest BCUT2D eigenvalue weighted by Gasteiger charge is 2.47. The summed E-state index contributed by atoms with van der Waals surface area (Å²) in [6.07, 6.45) is -1.73. The van der Waals surface area contributed by atoms with E-state index in [4.69, 9.17) is 23.7 Å². The predicted molar refractivity (Wildman–Crippen MR) is 159 cm³/mol. The molecule has 4 aromatic rings. The number of benzene rings is 4. The molecule has 0 saturated carbocycles. The quantitative estimate of drug-likeness (QED) is 0.210. The average molecular weight is 554 g/mol. The fourth-order valence-corrected chi connectivity index (χ4v) is 5.09. The number of hydrogen-bond acceptors (Lipinski definition) is 6. The summed E-state index contributed by atoms with van der Waals surface area (Å²) in [5.41, 5.74) is 4.45. The van der Waals surface area contributed by atoms with Crippen molar-refractivity contribution in [2.24, 2.45) is 0 Å². The summed E-state index contributed by atoms with van der Waals surface area (Å²) < 4.78 is 32.0. The van der Waals surface area contributed by atoms with Gasteiger partial charge < -0.3 is 29.0 Å². The maximum Gasteiger partial charge on any atom is 0.175 e. The van der Waals surface area contributed by atoms with Gasteiger partial charge in [0, 0.05) is 13.7 Å². The van der Waals surface area contributed by atoms with E-state index in [9.17, 15) is 0 Å². The summed E-state index contributed by atoms with van der Waals surface area (Å²) in [4.78, 5) is 0. The van der Waals surface area contributed by atoms with Crippen molar-refractivity contribution in [1.82, 2.24) is 5.32 Å². The number of rotatable bonds is 14. The summed E-state index contributed by atoms with van der Waals surface area (Å²) in [5.74, 6) is 0. The molecule has 6 heteroatoms. The molecule has 4 aromatic carbocycles. The van der Waals surface area contributed by atoms with Gasteiger partial charge in [0.2, 0.25) is 0 Å². The van der Waals surface area contributed by atoms with Gasteiger partial charge in [0.05, 0.1) is 32.5 Å². The molecule has 1 fully saturated rings. The first-order chi connectivity index (χ1) is 20.3. The monoisotopic (exact) mass is 553 g/mol. The van der Waals surface area contributed by atoms with Crippen LogP contribution in [0.4, 0.5) is 0 Å². The maximum atomic E-state index is 6.70. The molecule has 0 aliphatic carbocycles. The van der Waals surface area contributed by atoms with E-state index in [1.807, 2.05) is 72.8 Å². The number of hydrogen-bond donors (Lipinski definition) is 1. The van der Waals surface area contributed by atoms with Crippen molar-refractivity contribution in [2.45, 2.75) is 57.0 Å². The Labute approximate surface area is 243 Å². The van der Waals surface area contributed by atoms with Crippen molar-refractivity contribution < 1.29 is 23.7 Å². The third kappa shape index (κ3) is 8.57. The molecule has 214 valence electrons.